The molecule has 116 valence electrons. The summed E-state index contributed by atoms with van der Waals surface area (Å²) in [5, 5.41) is 4.36. The zero-order valence-corrected chi connectivity index (χ0v) is 13.2. The van der Waals surface area contributed by atoms with Crippen LogP contribution in [0.25, 0.3) is 17.0 Å². The summed E-state index contributed by atoms with van der Waals surface area (Å²) in [6, 6.07) is 8.93. The minimum Gasteiger partial charge on any atom is -0.451 e. The van der Waals surface area contributed by atoms with Gasteiger partial charge in [-0.3, -0.25) is 4.79 Å². The second kappa shape index (κ2) is 6.58. The Morgan fingerprint density at radius 2 is 2.17 bits per heavy atom. The van der Waals surface area contributed by atoms with Gasteiger partial charge in [-0.25, -0.2) is 9.78 Å². The zero-order chi connectivity index (χ0) is 16.2. The van der Waals surface area contributed by atoms with Crippen LogP contribution in [0.3, 0.4) is 0 Å². The smallest absolute Gasteiger partial charge is 0.331 e. The van der Waals surface area contributed by atoms with Crippen molar-refractivity contribution >= 4 is 34.3 Å². The van der Waals surface area contributed by atoms with Crippen molar-refractivity contribution in [3.63, 3.8) is 0 Å². The number of nitrogens with one attached hydrogen (secondary N) is 1. The van der Waals surface area contributed by atoms with Gasteiger partial charge in [0, 0.05) is 6.08 Å². The number of ether oxygens (including phenoxy) is 1. The summed E-state index contributed by atoms with van der Waals surface area (Å²) >= 11 is 1.55. The molecule has 0 spiro atoms. The second-order valence-corrected chi connectivity index (χ2v) is 5.72. The van der Waals surface area contributed by atoms with Crippen molar-refractivity contribution in [3.05, 3.63) is 68.9 Å². The quantitative estimate of drug-likeness (QED) is 0.590. The van der Waals surface area contributed by atoms with Crippen molar-refractivity contribution in [3.8, 4) is 0 Å². The van der Waals surface area contributed by atoms with E-state index in [1.54, 1.807) is 48.6 Å². The SMILES string of the molecule is C[C@@H](OC(=O)/C=C/c1ccsc1)c1nc2ccccc2c(=O)[nH]1. The van der Waals surface area contributed by atoms with E-state index < -0.39 is 12.1 Å². The Morgan fingerprint density at radius 1 is 1.35 bits per heavy atom. The van der Waals surface area contributed by atoms with E-state index in [2.05, 4.69) is 9.97 Å². The molecule has 0 aliphatic rings. The summed E-state index contributed by atoms with van der Waals surface area (Å²) < 4.78 is 5.28. The third-order valence-corrected chi connectivity index (χ3v) is 3.97. The summed E-state index contributed by atoms with van der Waals surface area (Å²) in [4.78, 5) is 30.9. The third kappa shape index (κ3) is 3.54. The zero-order valence-electron chi connectivity index (χ0n) is 12.4. The van der Waals surface area contributed by atoms with Crippen molar-refractivity contribution in [2.75, 3.05) is 0 Å². The van der Waals surface area contributed by atoms with E-state index in [1.165, 1.54) is 6.08 Å². The van der Waals surface area contributed by atoms with Crippen LogP contribution in [-0.4, -0.2) is 15.9 Å². The lowest BCUT2D eigenvalue weighted by atomic mass is 10.2. The highest BCUT2D eigenvalue weighted by atomic mass is 32.1. The van der Waals surface area contributed by atoms with Gasteiger partial charge in [0.2, 0.25) is 0 Å². The molecule has 0 aliphatic carbocycles. The summed E-state index contributed by atoms with van der Waals surface area (Å²) in [6.07, 6.45) is 2.40. The molecule has 23 heavy (non-hydrogen) atoms. The van der Waals surface area contributed by atoms with Gasteiger partial charge in [0.25, 0.3) is 5.56 Å². The molecule has 0 saturated heterocycles. The average Bonchev–Trinajstić information content (AvgIpc) is 3.06. The van der Waals surface area contributed by atoms with Crippen LogP contribution in [0.1, 0.15) is 24.4 Å². The number of carbonyl (C=O) groups is 1. The number of hydrogen-bond acceptors (Lipinski definition) is 5. The van der Waals surface area contributed by atoms with Gasteiger partial charge in [-0.15, -0.1) is 0 Å². The first-order valence-corrected chi connectivity index (χ1v) is 7.97. The fourth-order valence-corrected chi connectivity index (χ4v) is 2.73. The molecule has 0 aliphatic heterocycles. The van der Waals surface area contributed by atoms with Gasteiger partial charge in [0.15, 0.2) is 11.9 Å². The van der Waals surface area contributed by atoms with Crippen LogP contribution in [0.5, 0.6) is 0 Å². The number of rotatable bonds is 4. The van der Waals surface area contributed by atoms with Crippen molar-refractivity contribution in [2.24, 2.45) is 0 Å². The number of aromatic amines is 1. The Labute approximate surface area is 136 Å². The van der Waals surface area contributed by atoms with Crippen LogP contribution in [0, 0.1) is 0 Å². The average molecular weight is 326 g/mol. The van der Waals surface area contributed by atoms with Gasteiger partial charge in [-0.2, -0.15) is 11.3 Å². The first-order chi connectivity index (χ1) is 11.1. The maximum Gasteiger partial charge on any atom is 0.331 e. The molecule has 2 aromatic heterocycles. The number of thiophene rings is 1. The molecule has 0 saturated carbocycles. The number of H-pyrrole nitrogens is 1. The van der Waals surface area contributed by atoms with Gasteiger partial charge >= 0.3 is 5.97 Å². The van der Waals surface area contributed by atoms with Gasteiger partial charge in [-0.05, 0) is 47.5 Å². The Morgan fingerprint density at radius 3 is 2.96 bits per heavy atom. The largest absolute Gasteiger partial charge is 0.451 e. The maximum absolute atomic E-state index is 12.0. The standard InChI is InChI=1S/C17H14N2O3S/c1-11(22-15(20)7-6-12-8-9-23-10-12)16-18-14-5-3-2-4-13(14)17(21)19-16/h2-11H,1H3,(H,18,19,21)/b7-6+/t11-/m1/s1. The molecule has 1 N–H and O–H groups in total. The van der Waals surface area contributed by atoms with Crippen molar-refractivity contribution < 1.29 is 9.53 Å². The highest BCUT2D eigenvalue weighted by Crippen LogP contribution is 2.15. The predicted octanol–water partition coefficient (Wildman–Crippen LogP) is 3.30. The lowest BCUT2D eigenvalue weighted by molar-refractivity contribution is -0.142. The van der Waals surface area contributed by atoms with Crippen LogP contribution in [-0.2, 0) is 9.53 Å². The number of esters is 1. The second-order valence-electron chi connectivity index (χ2n) is 4.94. The number of carbonyl (C=O) groups excluding carboxylic acids is 1. The minimum absolute atomic E-state index is 0.248. The first-order valence-electron chi connectivity index (χ1n) is 7.03. The van der Waals surface area contributed by atoms with E-state index in [4.69, 9.17) is 4.74 Å². The minimum atomic E-state index is -0.646. The number of benzene rings is 1. The summed E-state index contributed by atoms with van der Waals surface area (Å²) in [7, 11) is 0. The summed E-state index contributed by atoms with van der Waals surface area (Å²) in [5.74, 6) is -0.162. The number of nitrogens with zero attached hydrogens (tertiary/aromatic N) is 1. The lowest BCUT2D eigenvalue weighted by Gasteiger charge is -2.11. The van der Waals surface area contributed by atoms with Crippen LogP contribution in [0.4, 0.5) is 0 Å². The highest BCUT2D eigenvalue weighted by Gasteiger charge is 2.14. The van der Waals surface area contributed by atoms with Gasteiger partial charge in [0.1, 0.15) is 0 Å². The van der Waals surface area contributed by atoms with Crippen molar-refractivity contribution in [1.29, 1.82) is 0 Å². The predicted molar refractivity (Wildman–Crippen MR) is 90.2 cm³/mol. The maximum atomic E-state index is 12.0. The molecule has 0 bridgehead atoms. The summed E-state index contributed by atoms with van der Waals surface area (Å²) in [5.41, 5.74) is 1.27. The molecule has 1 atom stereocenters. The van der Waals surface area contributed by atoms with Gasteiger partial charge < -0.3 is 9.72 Å². The van der Waals surface area contributed by atoms with E-state index in [0.29, 0.717) is 16.7 Å². The van der Waals surface area contributed by atoms with Crippen LogP contribution >= 0.6 is 11.3 Å². The molecule has 0 unspecified atom stereocenters. The molecule has 3 rings (SSSR count). The number of hydrogen-bond donors (Lipinski definition) is 1. The van der Waals surface area contributed by atoms with E-state index in [0.717, 1.165) is 5.56 Å². The number of aromatic nitrogens is 2. The fraction of sp³-hybridized carbons (Fsp3) is 0.118. The normalized spacial score (nSPS) is 12.6. The molecule has 0 fully saturated rings. The van der Waals surface area contributed by atoms with E-state index in [-0.39, 0.29) is 5.56 Å². The van der Waals surface area contributed by atoms with Gasteiger partial charge in [0.05, 0.1) is 10.9 Å². The number of fused-ring (bicyclic) bond motifs is 1. The van der Waals surface area contributed by atoms with E-state index >= 15 is 0 Å². The van der Waals surface area contributed by atoms with Crippen molar-refractivity contribution in [2.45, 2.75) is 13.0 Å². The van der Waals surface area contributed by atoms with Crippen LogP contribution < -0.4 is 5.56 Å². The van der Waals surface area contributed by atoms with E-state index in [1.807, 2.05) is 16.8 Å². The molecule has 0 amide bonds. The molecular formula is C17H14N2O3S. The highest BCUT2D eigenvalue weighted by molar-refractivity contribution is 7.08. The van der Waals surface area contributed by atoms with E-state index in [9.17, 15) is 9.59 Å². The van der Waals surface area contributed by atoms with Gasteiger partial charge in [-0.1, -0.05) is 12.1 Å². The molecule has 5 nitrogen and oxygen atoms in total. The molecule has 0 radical (unpaired) electrons. The lowest BCUT2D eigenvalue weighted by Crippen LogP contribution is -2.16. The van der Waals surface area contributed by atoms with Crippen LogP contribution in [0.15, 0.2) is 52.0 Å². The Hall–Kier alpha value is -2.73. The number of para-hydroxylation sites is 1. The fourth-order valence-electron chi connectivity index (χ4n) is 2.10. The molecule has 3 aromatic rings. The molecular weight excluding hydrogens is 312 g/mol. The third-order valence-electron chi connectivity index (χ3n) is 3.26. The summed E-state index contributed by atoms with van der Waals surface area (Å²) in [6.45, 7) is 1.67. The topological polar surface area (TPSA) is 72.0 Å². The Bertz CT molecular complexity index is 913. The Balaban J connectivity index is 1.76. The molecule has 6 heteroatoms. The van der Waals surface area contributed by atoms with Crippen LogP contribution in [0.2, 0.25) is 0 Å². The molecule has 2 heterocycles. The monoisotopic (exact) mass is 326 g/mol. The molecule has 1 aromatic carbocycles. The first kappa shape index (κ1) is 15.2. The van der Waals surface area contributed by atoms with Crippen molar-refractivity contribution in [1.82, 2.24) is 9.97 Å². The Kier molecular flexibility index (Phi) is 4.34.